The number of fused-ring (bicyclic) bond motifs is 1. The minimum absolute atomic E-state index is 0.209. The highest BCUT2D eigenvalue weighted by atomic mass is 35.5. The second kappa shape index (κ2) is 10.1. The van der Waals surface area contributed by atoms with Crippen molar-refractivity contribution in [3.05, 3.63) is 81.7 Å². The smallest absolute Gasteiger partial charge is 0.290 e. The average Bonchev–Trinajstić information content (AvgIpc) is 3.11. The summed E-state index contributed by atoms with van der Waals surface area (Å²) in [5, 5.41) is 4.29. The van der Waals surface area contributed by atoms with Crippen LogP contribution in [0.2, 0.25) is 5.02 Å². The molecule has 3 aromatic carbocycles. The van der Waals surface area contributed by atoms with Crippen LogP contribution in [0.4, 0.5) is 4.79 Å². The number of benzene rings is 3. The molecule has 6 nitrogen and oxygen atoms in total. The first kappa shape index (κ1) is 22.9. The summed E-state index contributed by atoms with van der Waals surface area (Å²) in [6.07, 6.45) is 2.69. The Kier molecular flexibility index (Phi) is 7.01. The van der Waals surface area contributed by atoms with Crippen molar-refractivity contribution in [1.82, 2.24) is 5.32 Å². The second-order valence-corrected chi connectivity index (χ2v) is 9.08. The van der Waals surface area contributed by atoms with Gasteiger partial charge in [-0.15, -0.1) is 0 Å². The van der Waals surface area contributed by atoms with E-state index in [4.69, 9.17) is 22.1 Å². The van der Waals surface area contributed by atoms with Crippen molar-refractivity contribution in [3.63, 3.8) is 0 Å². The maximum Gasteiger partial charge on any atom is 0.290 e. The van der Waals surface area contributed by atoms with E-state index < -0.39 is 5.91 Å². The Labute approximate surface area is 200 Å². The number of nitrogens with one attached hydrogen (secondary N) is 1. The van der Waals surface area contributed by atoms with E-state index in [0.29, 0.717) is 28.5 Å². The summed E-state index contributed by atoms with van der Waals surface area (Å²) in [7, 11) is 0. The third-order valence-corrected chi connectivity index (χ3v) is 6.29. The number of hydrogen-bond acceptors (Lipinski definition) is 5. The van der Waals surface area contributed by atoms with Gasteiger partial charge in [0.25, 0.3) is 11.1 Å². The number of rotatable bonds is 8. The van der Waals surface area contributed by atoms with Gasteiger partial charge in [-0.05, 0) is 59.0 Å². The van der Waals surface area contributed by atoms with Crippen LogP contribution < -0.4 is 15.8 Å². The number of amides is 3. The quantitative estimate of drug-likeness (QED) is 0.438. The van der Waals surface area contributed by atoms with Crippen LogP contribution in [0.25, 0.3) is 16.8 Å². The van der Waals surface area contributed by atoms with E-state index in [1.54, 1.807) is 6.08 Å². The summed E-state index contributed by atoms with van der Waals surface area (Å²) in [5.74, 6) is -0.118. The van der Waals surface area contributed by atoms with Crippen LogP contribution in [0.1, 0.15) is 24.0 Å². The Balaban J connectivity index is 1.65. The van der Waals surface area contributed by atoms with E-state index in [0.717, 1.165) is 33.7 Å². The van der Waals surface area contributed by atoms with E-state index in [2.05, 4.69) is 5.32 Å². The van der Waals surface area contributed by atoms with Crippen LogP contribution in [0.15, 0.2) is 65.6 Å². The zero-order chi connectivity index (χ0) is 23.4. The number of hydrogen-bond donors (Lipinski definition) is 2. The number of thioether (sulfide) groups is 1. The predicted molar refractivity (Wildman–Crippen MR) is 131 cm³/mol. The molecule has 0 saturated carbocycles. The summed E-state index contributed by atoms with van der Waals surface area (Å²) in [6, 6.07) is 18.9. The number of carbonyl (C=O) groups is 3. The lowest BCUT2D eigenvalue weighted by Crippen LogP contribution is -2.23. The molecule has 0 radical (unpaired) electrons. The van der Waals surface area contributed by atoms with Crippen molar-refractivity contribution in [3.8, 4) is 5.75 Å². The van der Waals surface area contributed by atoms with Gasteiger partial charge in [0.2, 0.25) is 5.91 Å². The molecule has 1 aliphatic rings. The molecule has 1 unspecified atom stereocenters. The van der Waals surface area contributed by atoms with E-state index in [-0.39, 0.29) is 23.7 Å². The van der Waals surface area contributed by atoms with Crippen LogP contribution in [0.5, 0.6) is 5.75 Å². The Morgan fingerprint density at radius 2 is 1.79 bits per heavy atom. The molecule has 1 fully saturated rings. The Hall–Kier alpha value is -3.29. The molecule has 1 heterocycles. The van der Waals surface area contributed by atoms with E-state index in [1.165, 1.54) is 0 Å². The molecule has 3 amide bonds. The van der Waals surface area contributed by atoms with Crippen molar-refractivity contribution >= 4 is 57.3 Å². The van der Waals surface area contributed by atoms with E-state index in [1.807, 2.05) is 60.7 Å². The lowest BCUT2D eigenvalue weighted by molar-refractivity contribution is -0.118. The van der Waals surface area contributed by atoms with Gasteiger partial charge in [0.1, 0.15) is 11.9 Å². The first-order valence-electron chi connectivity index (χ1n) is 10.3. The minimum atomic E-state index is -0.399. The number of nitrogens with two attached hydrogens (primary N) is 1. The zero-order valence-corrected chi connectivity index (χ0v) is 19.1. The van der Waals surface area contributed by atoms with Gasteiger partial charge in [-0.2, -0.15) is 0 Å². The Bertz CT molecular complexity index is 1260. The molecule has 0 bridgehead atoms. The minimum Gasteiger partial charge on any atom is -0.489 e. The van der Waals surface area contributed by atoms with Gasteiger partial charge in [0, 0.05) is 23.3 Å². The van der Waals surface area contributed by atoms with Gasteiger partial charge in [-0.1, -0.05) is 54.1 Å². The molecule has 0 aliphatic carbocycles. The third kappa shape index (κ3) is 5.74. The molecule has 33 heavy (non-hydrogen) atoms. The summed E-state index contributed by atoms with van der Waals surface area (Å²) in [4.78, 5) is 35.2. The fourth-order valence-electron chi connectivity index (χ4n) is 3.65. The van der Waals surface area contributed by atoms with Gasteiger partial charge >= 0.3 is 0 Å². The standard InChI is InChI=1S/C25H21ClN2O4S/c26-17-8-5-15(6-9-17)13-18(10-12-23(27)29)32-21-11-7-16(19-3-1-2-4-20(19)21)14-22-24(30)28-25(31)33-22/h1-9,11,14,18H,10,12-13H2,(H2,27,29)(H,28,30,31). The molecule has 1 aliphatic heterocycles. The maximum atomic E-state index is 12.0. The normalized spacial score (nSPS) is 15.6. The number of imide groups is 1. The summed E-state index contributed by atoms with van der Waals surface area (Å²) in [6.45, 7) is 0. The topological polar surface area (TPSA) is 98.5 Å². The molecule has 168 valence electrons. The predicted octanol–water partition coefficient (Wildman–Crippen LogP) is 5.07. The van der Waals surface area contributed by atoms with Crippen molar-refractivity contribution < 1.29 is 19.1 Å². The van der Waals surface area contributed by atoms with E-state index in [9.17, 15) is 14.4 Å². The molecule has 0 aromatic heterocycles. The maximum absolute atomic E-state index is 12.0. The number of ether oxygens (including phenoxy) is 1. The molecule has 8 heteroatoms. The lowest BCUT2D eigenvalue weighted by atomic mass is 10.0. The van der Waals surface area contributed by atoms with Crippen LogP contribution in [0.3, 0.4) is 0 Å². The SMILES string of the molecule is NC(=O)CCC(Cc1ccc(Cl)cc1)Oc1ccc(C=C2SC(=O)NC2=O)c2ccccc12. The first-order chi connectivity index (χ1) is 15.9. The van der Waals surface area contributed by atoms with Crippen LogP contribution in [-0.4, -0.2) is 23.2 Å². The molecular weight excluding hydrogens is 460 g/mol. The highest BCUT2D eigenvalue weighted by Crippen LogP contribution is 2.33. The number of halogens is 1. The molecular formula is C25H21ClN2O4S. The van der Waals surface area contributed by atoms with Crippen LogP contribution >= 0.6 is 23.4 Å². The average molecular weight is 481 g/mol. The van der Waals surface area contributed by atoms with Crippen LogP contribution in [0, 0.1) is 0 Å². The molecule has 1 atom stereocenters. The molecule has 0 spiro atoms. The monoisotopic (exact) mass is 480 g/mol. The van der Waals surface area contributed by atoms with Gasteiger partial charge in [0.15, 0.2) is 0 Å². The van der Waals surface area contributed by atoms with Crippen molar-refractivity contribution in [2.75, 3.05) is 0 Å². The fraction of sp³-hybridized carbons (Fsp3) is 0.160. The lowest BCUT2D eigenvalue weighted by Gasteiger charge is -2.21. The molecule has 3 aromatic rings. The second-order valence-electron chi connectivity index (χ2n) is 7.63. The highest BCUT2D eigenvalue weighted by molar-refractivity contribution is 8.18. The Morgan fingerprint density at radius 3 is 2.45 bits per heavy atom. The fourth-order valence-corrected chi connectivity index (χ4v) is 4.45. The van der Waals surface area contributed by atoms with Gasteiger partial charge in [-0.25, -0.2) is 0 Å². The summed E-state index contributed by atoms with van der Waals surface area (Å²) in [5.41, 5.74) is 7.22. The van der Waals surface area contributed by atoms with Crippen molar-refractivity contribution in [1.29, 1.82) is 0 Å². The summed E-state index contributed by atoms with van der Waals surface area (Å²) >= 11 is 6.88. The highest BCUT2D eigenvalue weighted by Gasteiger charge is 2.25. The van der Waals surface area contributed by atoms with Gasteiger partial charge in [-0.3, -0.25) is 19.7 Å². The van der Waals surface area contributed by atoms with Crippen molar-refractivity contribution in [2.45, 2.75) is 25.4 Å². The van der Waals surface area contributed by atoms with Crippen molar-refractivity contribution in [2.24, 2.45) is 5.73 Å². The van der Waals surface area contributed by atoms with Crippen LogP contribution in [-0.2, 0) is 16.0 Å². The number of carbonyl (C=O) groups excluding carboxylic acids is 3. The zero-order valence-electron chi connectivity index (χ0n) is 17.5. The molecule has 3 N–H and O–H groups in total. The first-order valence-corrected chi connectivity index (χ1v) is 11.5. The van der Waals surface area contributed by atoms with E-state index >= 15 is 0 Å². The molecule has 1 saturated heterocycles. The third-order valence-electron chi connectivity index (χ3n) is 5.23. The number of primary amides is 1. The molecule has 4 rings (SSSR count). The summed E-state index contributed by atoms with van der Waals surface area (Å²) < 4.78 is 6.38. The Morgan fingerprint density at radius 1 is 1.06 bits per heavy atom. The van der Waals surface area contributed by atoms with Gasteiger partial charge < -0.3 is 10.5 Å². The van der Waals surface area contributed by atoms with Gasteiger partial charge in [0.05, 0.1) is 4.91 Å². The largest absolute Gasteiger partial charge is 0.489 e.